The molecule has 3 aliphatic rings. The zero-order chi connectivity index (χ0) is 19.8. The fourth-order valence-corrected chi connectivity index (χ4v) is 4.85. The SMILES string of the molecule is OCCN1C=CC=C2C(Sc3ccc(Cl)cc3)=C(c3ccc4c(c3)OCO4)NC21. The molecule has 0 aliphatic carbocycles. The number of nitrogens with zero attached hydrogens (tertiary/aromatic N) is 1. The molecular weight excluding hydrogens is 408 g/mol. The number of thioether (sulfide) groups is 1. The highest BCUT2D eigenvalue weighted by atomic mass is 35.5. The second-order valence-corrected chi connectivity index (χ2v) is 8.32. The molecule has 0 saturated carbocycles. The molecule has 148 valence electrons. The minimum atomic E-state index is -0.0256. The number of rotatable bonds is 5. The van der Waals surface area contributed by atoms with E-state index in [1.807, 2.05) is 54.7 Å². The van der Waals surface area contributed by atoms with Crippen molar-refractivity contribution in [1.29, 1.82) is 0 Å². The van der Waals surface area contributed by atoms with Crippen molar-refractivity contribution in [1.82, 2.24) is 10.2 Å². The van der Waals surface area contributed by atoms with Crippen molar-refractivity contribution < 1.29 is 14.6 Å². The van der Waals surface area contributed by atoms with E-state index in [1.165, 1.54) is 5.57 Å². The zero-order valence-corrected chi connectivity index (χ0v) is 17.0. The van der Waals surface area contributed by atoms with Crippen LogP contribution in [0.2, 0.25) is 5.02 Å². The fourth-order valence-electron chi connectivity index (χ4n) is 3.64. The van der Waals surface area contributed by atoms with Gasteiger partial charge in [0.2, 0.25) is 6.79 Å². The summed E-state index contributed by atoms with van der Waals surface area (Å²) >= 11 is 7.76. The van der Waals surface area contributed by atoms with E-state index in [1.54, 1.807) is 11.8 Å². The Labute approximate surface area is 178 Å². The number of aliphatic hydroxyl groups excluding tert-OH is 1. The van der Waals surface area contributed by atoms with Gasteiger partial charge in [0, 0.05) is 38.7 Å². The van der Waals surface area contributed by atoms with E-state index in [-0.39, 0.29) is 19.6 Å². The van der Waals surface area contributed by atoms with Crippen LogP contribution in [0.5, 0.6) is 11.5 Å². The van der Waals surface area contributed by atoms with E-state index >= 15 is 0 Å². The monoisotopic (exact) mass is 426 g/mol. The topological polar surface area (TPSA) is 54.0 Å². The van der Waals surface area contributed by atoms with Crippen molar-refractivity contribution in [2.75, 3.05) is 19.9 Å². The summed E-state index contributed by atoms with van der Waals surface area (Å²) in [6, 6.07) is 13.8. The van der Waals surface area contributed by atoms with Gasteiger partial charge in [-0.25, -0.2) is 0 Å². The quantitative estimate of drug-likeness (QED) is 0.747. The molecule has 0 amide bonds. The summed E-state index contributed by atoms with van der Waals surface area (Å²) in [6.07, 6.45) is 6.13. The molecule has 0 saturated heterocycles. The van der Waals surface area contributed by atoms with Crippen LogP contribution in [-0.4, -0.2) is 36.1 Å². The van der Waals surface area contributed by atoms with Crippen molar-refractivity contribution in [2.45, 2.75) is 11.1 Å². The maximum atomic E-state index is 9.47. The average Bonchev–Trinajstić information content (AvgIpc) is 3.35. The Hall–Kier alpha value is -2.54. The smallest absolute Gasteiger partial charge is 0.231 e. The van der Waals surface area contributed by atoms with Gasteiger partial charge in [-0.1, -0.05) is 29.4 Å². The van der Waals surface area contributed by atoms with Crippen LogP contribution in [0.3, 0.4) is 0 Å². The third-order valence-electron chi connectivity index (χ3n) is 5.00. The summed E-state index contributed by atoms with van der Waals surface area (Å²) in [5, 5.41) is 13.8. The van der Waals surface area contributed by atoms with Crippen LogP contribution < -0.4 is 14.8 Å². The number of aliphatic hydroxyl groups is 1. The minimum Gasteiger partial charge on any atom is -0.454 e. The van der Waals surface area contributed by atoms with Gasteiger partial charge in [-0.2, -0.15) is 0 Å². The van der Waals surface area contributed by atoms with Crippen LogP contribution in [0, 0.1) is 0 Å². The lowest BCUT2D eigenvalue weighted by atomic mass is 10.1. The number of benzene rings is 2. The summed E-state index contributed by atoms with van der Waals surface area (Å²) in [4.78, 5) is 4.36. The van der Waals surface area contributed by atoms with Gasteiger partial charge >= 0.3 is 0 Å². The lowest BCUT2D eigenvalue weighted by Gasteiger charge is -2.31. The molecule has 5 nitrogen and oxygen atoms in total. The Bertz CT molecular complexity index is 1030. The van der Waals surface area contributed by atoms with Crippen LogP contribution in [0.4, 0.5) is 0 Å². The Morgan fingerprint density at radius 3 is 2.79 bits per heavy atom. The molecule has 1 unspecified atom stereocenters. The first kappa shape index (κ1) is 18.5. The summed E-state index contributed by atoms with van der Waals surface area (Å²) < 4.78 is 11.0. The van der Waals surface area contributed by atoms with E-state index in [9.17, 15) is 5.11 Å². The van der Waals surface area contributed by atoms with Gasteiger partial charge in [0.15, 0.2) is 11.5 Å². The van der Waals surface area contributed by atoms with Crippen LogP contribution >= 0.6 is 23.4 Å². The molecule has 3 heterocycles. The predicted octanol–water partition coefficient (Wildman–Crippen LogP) is 4.21. The molecule has 0 radical (unpaired) electrons. The van der Waals surface area contributed by atoms with Crippen molar-refractivity contribution in [2.24, 2.45) is 0 Å². The van der Waals surface area contributed by atoms with Gasteiger partial charge in [-0.15, -0.1) is 0 Å². The summed E-state index contributed by atoms with van der Waals surface area (Å²) in [6.45, 7) is 0.896. The molecule has 0 bridgehead atoms. The van der Waals surface area contributed by atoms with Gasteiger partial charge in [-0.3, -0.25) is 0 Å². The zero-order valence-electron chi connectivity index (χ0n) is 15.5. The number of hydrogen-bond donors (Lipinski definition) is 2. The predicted molar refractivity (Wildman–Crippen MR) is 115 cm³/mol. The molecule has 0 aromatic heterocycles. The maximum absolute atomic E-state index is 9.47. The molecule has 29 heavy (non-hydrogen) atoms. The summed E-state index contributed by atoms with van der Waals surface area (Å²) in [7, 11) is 0. The normalized spacial score (nSPS) is 19.3. The van der Waals surface area contributed by atoms with Crippen molar-refractivity contribution in [3.63, 3.8) is 0 Å². The maximum Gasteiger partial charge on any atom is 0.231 e. The number of halogens is 1. The molecule has 5 rings (SSSR count). The Morgan fingerprint density at radius 2 is 1.97 bits per heavy atom. The lowest BCUT2D eigenvalue weighted by Crippen LogP contribution is -2.42. The number of allylic oxidation sites excluding steroid dienone is 2. The fraction of sp³-hybridized carbons (Fsp3) is 0.182. The first-order chi connectivity index (χ1) is 14.2. The molecule has 2 aromatic rings. The van der Waals surface area contributed by atoms with Crippen molar-refractivity contribution >= 4 is 29.1 Å². The third-order valence-corrected chi connectivity index (χ3v) is 6.41. The van der Waals surface area contributed by atoms with E-state index in [0.717, 1.165) is 37.6 Å². The molecular formula is C22H19ClN2O3S. The van der Waals surface area contributed by atoms with Crippen LogP contribution in [0.15, 0.2) is 76.2 Å². The molecule has 0 spiro atoms. The van der Waals surface area contributed by atoms with Gasteiger partial charge in [0.05, 0.1) is 12.3 Å². The Balaban J connectivity index is 1.57. The third kappa shape index (κ3) is 3.48. The number of β-amino-alcohol motifs (C(OH)–C–C–N with tert-alkyl or cyclic N) is 1. The largest absolute Gasteiger partial charge is 0.454 e. The van der Waals surface area contributed by atoms with Crippen molar-refractivity contribution in [3.05, 3.63) is 81.9 Å². The highest BCUT2D eigenvalue weighted by Gasteiger charge is 2.34. The number of fused-ring (bicyclic) bond motifs is 2. The second-order valence-electron chi connectivity index (χ2n) is 6.80. The molecule has 3 aliphatic heterocycles. The van der Waals surface area contributed by atoms with Crippen molar-refractivity contribution in [3.8, 4) is 11.5 Å². The minimum absolute atomic E-state index is 0.0256. The van der Waals surface area contributed by atoms with Crippen LogP contribution in [0.1, 0.15) is 5.56 Å². The highest BCUT2D eigenvalue weighted by Crippen LogP contribution is 2.45. The van der Waals surface area contributed by atoms with E-state index in [4.69, 9.17) is 21.1 Å². The summed E-state index contributed by atoms with van der Waals surface area (Å²) in [5.74, 6) is 1.52. The van der Waals surface area contributed by atoms with Gasteiger partial charge < -0.3 is 24.8 Å². The molecule has 0 fully saturated rings. The highest BCUT2D eigenvalue weighted by molar-refractivity contribution is 8.03. The second kappa shape index (κ2) is 7.71. The van der Waals surface area contributed by atoms with E-state index < -0.39 is 0 Å². The van der Waals surface area contributed by atoms with Gasteiger partial charge in [0.25, 0.3) is 0 Å². The molecule has 7 heteroatoms. The molecule has 2 aromatic carbocycles. The Kier molecular flexibility index (Phi) is 4.91. The number of ether oxygens (including phenoxy) is 2. The average molecular weight is 427 g/mol. The first-order valence-corrected chi connectivity index (χ1v) is 10.5. The van der Waals surface area contributed by atoms with Gasteiger partial charge in [-0.05, 0) is 48.5 Å². The molecule has 1 atom stereocenters. The standard InChI is InChI=1S/C22H19ClN2O3S/c23-15-4-6-16(7-5-15)29-21-17-2-1-9-25(10-11-26)22(17)24-20(21)14-3-8-18-19(12-14)28-13-27-18/h1-9,12,22,24,26H,10-11,13H2. The number of hydrogen-bond acceptors (Lipinski definition) is 6. The number of nitrogens with one attached hydrogen (secondary N) is 1. The summed E-state index contributed by atoms with van der Waals surface area (Å²) in [5.41, 5.74) is 3.24. The lowest BCUT2D eigenvalue weighted by molar-refractivity contribution is 0.174. The molecule has 2 N–H and O–H groups in total. The Morgan fingerprint density at radius 1 is 1.14 bits per heavy atom. The van der Waals surface area contributed by atoms with Crippen LogP contribution in [-0.2, 0) is 0 Å². The van der Waals surface area contributed by atoms with E-state index in [2.05, 4.69) is 16.3 Å². The van der Waals surface area contributed by atoms with Crippen LogP contribution in [0.25, 0.3) is 5.70 Å². The first-order valence-electron chi connectivity index (χ1n) is 9.32. The van der Waals surface area contributed by atoms with Gasteiger partial charge in [0.1, 0.15) is 6.17 Å². The van der Waals surface area contributed by atoms with E-state index in [0.29, 0.717) is 6.54 Å².